The van der Waals surface area contributed by atoms with Crippen LogP contribution in [0.5, 0.6) is 0 Å². The number of guanidine groups is 1. The van der Waals surface area contributed by atoms with Gasteiger partial charge in [-0.15, -0.1) is 0 Å². The fraction of sp³-hybridized carbons (Fsp3) is 0.550. The molecule has 0 aliphatic carbocycles. The zero-order valence-electron chi connectivity index (χ0n) is 17.2. The lowest BCUT2D eigenvalue weighted by molar-refractivity contribution is 0.292. The lowest BCUT2D eigenvalue weighted by Gasteiger charge is -2.21. The molecule has 0 spiro atoms. The van der Waals surface area contributed by atoms with E-state index in [0.717, 1.165) is 44.0 Å². The van der Waals surface area contributed by atoms with Crippen molar-refractivity contribution in [3.63, 3.8) is 0 Å². The lowest BCUT2D eigenvalue weighted by Crippen LogP contribution is -2.42. The van der Waals surface area contributed by atoms with E-state index in [0.29, 0.717) is 29.3 Å². The predicted octanol–water partition coefficient (Wildman–Crippen LogP) is 3.57. The van der Waals surface area contributed by atoms with Crippen molar-refractivity contribution in [2.75, 3.05) is 26.7 Å². The number of benzene rings is 1. The summed E-state index contributed by atoms with van der Waals surface area (Å²) in [4.78, 5) is 11.1. The number of hydrogen-bond acceptors (Lipinski definition) is 5. The van der Waals surface area contributed by atoms with Gasteiger partial charge in [0.15, 0.2) is 5.96 Å². The molecule has 28 heavy (non-hydrogen) atoms. The second-order valence-corrected chi connectivity index (χ2v) is 7.10. The summed E-state index contributed by atoms with van der Waals surface area (Å²) in [6.45, 7) is 10.3. The number of nitrogens with one attached hydrogen (secondary N) is 2. The van der Waals surface area contributed by atoms with Gasteiger partial charge in [0.2, 0.25) is 11.7 Å². The Morgan fingerprint density at radius 3 is 2.61 bits per heavy atom. The van der Waals surface area contributed by atoms with Crippen LogP contribution in [0.1, 0.15) is 39.5 Å². The number of aliphatic imine (C=N–C) groups is 1. The second kappa shape index (κ2) is 11.7. The van der Waals surface area contributed by atoms with Crippen molar-refractivity contribution in [3.8, 4) is 11.4 Å². The number of nitrogens with zero attached hydrogens (tertiary/aromatic N) is 4. The molecule has 7 nitrogen and oxygen atoms in total. The molecule has 1 unspecified atom stereocenters. The van der Waals surface area contributed by atoms with Gasteiger partial charge in [-0.05, 0) is 63.7 Å². The third-order valence-electron chi connectivity index (χ3n) is 4.59. The summed E-state index contributed by atoms with van der Waals surface area (Å²) in [7, 11) is 1.75. The predicted molar refractivity (Wildman–Crippen MR) is 115 cm³/mol. The molecule has 0 radical (unpaired) electrons. The zero-order valence-corrected chi connectivity index (χ0v) is 18.0. The monoisotopic (exact) mass is 406 g/mol. The normalized spacial score (nSPS) is 13.0. The highest BCUT2D eigenvalue weighted by Crippen LogP contribution is 2.18. The average Bonchev–Trinajstić information content (AvgIpc) is 3.18. The summed E-state index contributed by atoms with van der Waals surface area (Å²) in [5.74, 6) is 1.77. The van der Waals surface area contributed by atoms with Crippen molar-refractivity contribution in [3.05, 3.63) is 35.2 Å². The SMILES string of the molecule is CCN(CC)CCCC(C)NC(=NC)NCc1nc(-c2ccc(Cl)cc2)no1. The fourth-order valence-electron chi connectivity index (χ4n) is 2.86. The van der Waals surface area contributed by atoms with Crippen LogP contribution in [0.15, 0.2) is 33.8 Å². The molecular formula is C20H31ClN6O. The molecule has 0 amide bonds. The highest BCUT2D eigenvalue weighted by atomic mass is 35.5. The Morgan fingerprint density at radius 2 is 1.96 bits per heavy atom. The van der Waals surface area contributed by atoms with Gasteiger partial charge in [0.1, 0.15) is 0 Å². The Hall–Kier alpha value is -2.12. The lowest BCUT2D eigenvalue weighted by atomic mass is 10.2. The van der Waals surface area contributed by atoms with Gasteiger partial charge in [-0.2, -0.15) is 4.98 Å². The Bertz CT molecular complexity index is 727. The second-order valence-electron chi connectivity index (χ2n) is 6.66. The first-order valence-electron chi connectivity index (χ1n) is 9.83. The van der Waals surface area contributed by atoms with Crippen molar-refractivity contribution in [1.82, 2.24) is 25.7 Å². The molecule has 2 N–H and O–H groups in total. The van der Waals surface area contributed by atoms with Gasteiger partial charge in [-0.25, -0.2) is 0 Å². The van der Waals surface area contributed by atoms with Gasteiger partial charge in [-0.1, -0.05) is 30.6 Å². The number of halogens is 1. The van der Waals surface area contributed by atoms with Crippen LogP contribution in [0.3, 0.4) is 0 Å². The maximum absolute atomic E-state index is 5.91. The first kappa shape index (κ1) is 22.2. The van der Waals surface area contributed by atoms with Crippen molar-refractivity contribution >= 4 is 17.6 Å². The van der Waals surface area contributed by atoms with Crippen molar-refractivity contribution in [2.24, 2.45) is 4.99 Å². The Labute approximate surface area is 172 Å². The Balaban J connectivity index is 1.78. The van der Waals surface area contributed by atoms with Crippen LogP contribution in [0.25, 0.3) is 11.4 Å². The van der Waals surface area contributed by atoms with Gasteiger partial charge in [0.25, 0.3) is 0 Å². The molecule has 1 atom stereocenters. The number of aromatic nitrogens is 2. The molecule has 0 saturated carbocycles. The summed E-state index contributed by atoms with van der Waals surface area (Å²) in [5.41, 5.74) is 0.865. The first-order chi connectivity index (χ1) is 13.5. The van der Waals surface area contributed by atoms with Crippen LogP contribution in [0.2, 0.25) is 5.02 Å². The third-order valence-corrected chi connectivity index (χ3v) is 4.84. The van der Waals surface area contributed by atoms with Gasteiger partial charge in [-0.3, -0.25) is 4.99 Å². The van der Waals surface area contributed by atoms with E-state index >= 15 is 0 Å². The van der Waals surface area contributed by atoms with Gasteiger partial charge in [0.05, 0.1) is 6.54 Å². The molecule has 2 rings (SSSR count). The molecule has 0 fully saturated rings. The van der Waals surface area contributed by atoms with Gasteiger partial charge in [0, 0.05) is 23.7 Å². The molecule has 0 aliphatic heterocycles. The van der Waals surface area contributed by atoms with Gasteiger partial charge < -0.3 is 20.1 Å². The maximum Gasteiger partial charge on any atom is 0.246 e. The summed E-state index contributed by atoms with van der Waals surface area (Å²) in [6.07, 6.45) is 2.24. The minimum Gasteiger partial charge on any atom is -0.354 e. The van der Waals surface area contributed by atoms with E-state index < -0.39 is 0 Å². The quantitative estimate of drug-likeness (QED) is 0.464. The highest BCUT2D eigenvalue weighted by Gasteiger charge is 2.11. The van der Waals surface area contributed by atoms with E-state index in [1.54, 1.807) is 19.2 Å². The molecule has 1 aromatic heterocycles. The van der Waals surface area contributed by atoms with Crippen molar-refractivity contribution < 1.29 is 4.52 Å². The molecule has 1 aromatic carbocycles. The highest BCUT2D eigenvalue weighted by molar-refractivity contribution is 6.30. The summed E-state index contributed by atoms with van der Waals surface area (Å²) in [6, 6.07) is 7.67. The van der Waals surface area contributed by atoms with Crippen LogP contribution in [0.4, 0.5) is 0 Å². The molecule has 2 aromatic rings. The fourth-order valence-corrected chi connectivity index (χ4v) is 2.99. The van der Waals surface area contributed by atoms with Crippen molar-refractivity contribution in [1.29, 1.82) is 0 Å². The standard InChI is InChI=1S/C20H31ClN6O/c1-5-27(6-2)13-7-8-15(3)24-20(22-4)23-14-18-25-19(26-28-18)16-9-11-17(21)12-10-16/h9-12,15H,5-8,13-14H2,1-4H3,(H2,22,23,24). The first-order valence-corrected chi connectivity index (χ1v) is 10.2. The van der Waals surface area contributed by atoms with E-state index in [1.165, 1.54) is 0 Å². The molecule has 1 heterocycles. The van der Waals surface area contributed by atoms with Crippen LogP contribution >= 0.6 is 11.6 Å². The molecule has 0 aliphatic rings. The number of rotatable bonds is 10. The third kappa shape index (κ3) is 7.13. The van der Waals surface area contributed by atoms with Crippen LogP contribution in [0, 0.1) is 0 Å². The van der Waals surface area contributed by atoms with Crippen LogP contribution in [-0.4, -0.2) is 53.7 Å². The summed E-state index contributed by atoms with van der Waals surface area (Å²) < 4.78 is 5.32. The minimum atomic E-state index is 0.328. The van der Waals surface area contributed by atoms with Gasteiger partial charge >= 0.3 is 0 Å². The van der Waals surface area contributed by atoms with E-state index in [-0.39, 0.29) is 0 Å². The maximum atomic E-state index is 5.91. The average molecular weight is 407 g/mol. The molecule has 0 saturated heterocycles. The summed E-state index contributed by atoms with van der Waals surface area (Å²) >= 11 is 5.91. The molecule has 8 heteroatoms. The van der Waals surface area contributed by atoms with E-state index in [1.807, 2.05) is 12.1 Å². The smallest absolute Gasteiger partial charge is 0.246 e. The Kier molecular flexibility index (Phi) is 9.23. The van der Waals surface area contributed by atoms with Crippen molar-refractivity contribution in [2.45, 2.75) is 46.2 Å². The van der Waals surface area contributed by atoms with Crippen LogP contribution < -0.4 is 10.6 Å². The van der Waals surface area contributed by atoms with Crippen LogP contribution in [-0.2, 0) is 6.54 Å². The molecular weight excluding hydrogens is 376 g/mol. The Morgan fingerprint density at radius 1 is 1.25 bits per heavy atom. The molecule has 154 valence electrons. The largest absolute Gasteiger partial charge is 0.354 e. The topological polar surface area (TPSA) is 78.6 Å². The molecule has 0 bridgehead atoms. The summed E-state index contributed by atoms with van der Waals surface area (Å²) in [5, 5.41) is 11.3. The van der Waals surface area contributed by atoms with E-state index in [2.05, 4.69) is 51.4 Å². The minimum absolute atomic E-state index is 0.328. The zero-order chi connectivity index (χ0) is 20.4. The number of hydrogen-bond donors (Lipinski definition) is 2. The van der Waals surface area contributed by atoms with E-state index in [9.17, 15) is 0 Å². The van der Waals surface area contributed by atoms with E-state index in [4.69, 9.17) is 16.1 Å².